The van der Waals surface area contributed by atoms with E-state index in [0.717, 1.165) is 0 Å². The lowest BCUT2D eigenvalue weighted by Crippen LogP contribution is -2.55. The molecule has 8 heteroatoms. The van der Waals surface area contributed by atoms with Gasteiger partial charge in [0.05, 0.1) is 11.9 Å². The molecule has 4 atom stereocenters. The summed E-state index contributed by atoms with van der Waals surface area (Å²) in [6.07, 6.45) is -9.76. The maximum atomic E-state index is 9.96. The summed E-state index contributed by atoms with van der Waals surface area (Å²) < 4.78 is 0. The average Bonchev–Trinajstić information content (AvgIpc) is 2.12. The summed E-state index contributed by atoms with van der Waals surface area (Å²) in [5, 5.41) is 54.7. The number of rotatable bonds is 5. The van der Waals surface area contributed by atoms with E-state index >= 15 is 0 Å². The Bertz CT molecular complexity index is 202. The fourth-order valence-corrected chi connectivity index (χ4v) is 0.652. The fraction of sp³-hybridized carbons (Fsp3) is 0.667. The van der Waals surface area contributed by atoms with E-state index in [-0.39, 0.29) is 0 Å². The molecule has 14 heavy (non-hydrogen) atoms. The largest absolute Gasteiger partial charge is 0.547 e. The van der Waals surface area contributed by atoms with Gasteiger partial charge in [0.1, 0.15) is 24.4 Å². The molecule has 0 aromatic heterocycles. The van der Waals surface area contributed by atoms with Crippen molar-refractivity contribution in [2.45, 2.75) is 24.4 Å². The smallest absolute Gasteiger partial charge is 0.122 e. The Morgan fingerprint density at radius 1 is 0.786 bits per heavy atom. The SMILES string of the molecule is O=C([O-])[C@@H](O)[C@@H](O)[C@H](O)[C@H](O)C(=O)[O-]. The topological polar surface area (TPSA) is 161 Å². The second kappa shape index (κ2) is 4.86. The zero-order valence-electron chi connectivity index (χ0n) is 6.73. The van der Waals surface area contributed by atoms with Crippen molar-refractivity contribution in [3.05, 3.63) is 0 Å². The summed E-state index contributed by atoms with van der Waals surface area (Å²) in [6, 6.07) is 0. The third-order valence-corrected chi connectivity index (χ3v) is 1.48. The predicted octanol–water partition coefficient (Wildman–Crippen LogP) is -6.07. The molecule has 0 aromatic rings. The molecule has 0 spiro atoms. The molecule has 0 saturated heterocycles. The summed E-state index contributed by atoms with van der Waals surface area (Å²) in [6.45, 7) is 0. The van der Waals surface area contributed by atoms with Gasteiger partial charge in [-0.3, -0.25) is 0 Å². The number of hydrogen-bond donors (Lipinski definition) is 4. The van der Waals surface area contributed by atoms with Crippen LogP contribution in [-0.2, 0) is 9.59 Å². The number of carbonyl (C=O) groups is 2. The Balaban J connectivity index is 4.45. The van der Waals surface area contributed by atoms with E-state index in [4.69, 9.17) is 20.4 Å². The van der Waals surface area contributed by atoms with Gasteiger partial charge in [-0.1, -0.05) is 0 Å². The molecule has 0 bridgehead atoms. The maximum Gasteiger partial charge on any atom is 0.122 e. The highest BCUT2D eigenvalue weighted by Crippen LogP contribution is 2.04. The van der Waals surface area contributed by atoms with Gasteiger partial charge < -0.3 is 40.2 Å². The minimum atomic E-state index is -2.50. The Kier molecular flexibility index (Phi) is 4.44. The molecule has 0 unspecified atom stereocenters. The van der Waals surface area contributed by atoms with Crippen LogP contribution in [0.2, 0.25) is 0 Å². The highest BCUT2D eigenvalue weighted by Gasteiger charge is 2.31. The average molecular weight is 208 g/mol. The number of carboxylic acids is 2. The van der Waals surface area contributed by atoms with Crippen LogP contribution >= 0.6 is 0 Å². The van der Waals surface area contributed by atoms with Crippen LogP contribution in [0, 0.1) is 0 Å². The van der Waals surface area contributed by atoms with Gasteiger partial charge in [0.15, 0.2) is 0 Å². The van der Waals surface area contributed by atoms with Crippen molar-refractivity contribution >= 4 is 11.9 Å². The van der Waals surface area contributed by atoms with Gasteiger partial charge in [-0.05, 0) is 0 Å². The van der Waals surface area contributed by atoms with Crippen molar-refractivity contribution in [2.24, 2.45) is 0 Å². The standard InChI is InChI=1S/C6H10O8/c7-1(3(9)5(11)12)2(8)4(10)6(13)14/h1-4,7-10H,(H,11,12)(H,13,14)/p-2/t1-,2-,3-,4-/m0/s1. The van der Waals surface area contributed by atoms with Crippen LogP contribution in [-0.4, -0.2) is 56.8 Å². The number of hydrogen-bond acceptors (Lipinski definition) is 8. The Morgan fingerprint density at radius 3 is 1.14 bits per heavy atom. The van der Waals surface area contributed by atoms with Crippen LogP contribution in [0.1, 0.15) is 0 Å². The lowest BCUT2D eigenvalue weighted by molar-refractivity contribution is -0.327. The molecule has 0 aliphatic rings. The fourth-order valence-electron chi connectivity index (χ4n) is 0.652. The molecule has 4 N–H and O–H groups in total. The van der Waals surface area contributed by atoms with Gasteiger partial charge in [0, 0.05) is 0 Å². The molecule has 0 amide bonds. The minimum absolute atomic E-state index is 2.11. The molecule has 0 fully saturated rings. The van der Waals surface area contributed by atoms with Gasteiger partial charge in [-0.15, -0.1) is 0 Å². The lowest BCUT2D eigenvalue weighted by atomic mass is 10.0. The molecule has 8 nitrogen and oxygen atoms in total. The number of carboxylic acid groups (broad SMARTS) is 2. The lowest BCUT2D eigenvalue weighted by Gasteiger charge is -2.27. The molecular formula is C6H8O8-2. The highest BCUT2D eigenvalue weighted by atomic mass is 16.4. The van der Waals surface area contributed by atoms with E-state index in [0.29, 0.717) is 0 Å². The van der Waals surface area contributed by atoms with Crippen molar-refractivity contribution in [1.29, 1.82) is 0 Å². The van der Waals surface area contributed by atoms with Crippen LogP contribution in [0.3, 0.4) is 0 Å². The Labute approximate surface area is 77.7 Å². The van der Waals surface area contributed by atoms with Crippen molar-refractivity contribution in [2.75, 3.05) is 0 Å². The van der Waals surface area contributed by atoms with Crippen LogP contribution in [0.15, 0.2) is 0 Å². The van der Waals surface area contributed by atoms with Crippen molar-refractivity contribution in [3.63, 3.8) is 0 Å². The maximum absolute atomic E-state index is 9.96. The van der Waals surface area contributed by atoms with Crippen molar-refractivity contribution in [1.82, 2.24) is 0 Å². The molecule has 82 valence electrons. The molecule has 0 radical (unpaired) electrons. The first-order valence-electron chi connectivity index (χ1n) is 3.43. The van der Waals surface area contributed by atoms with E-state index in [1.165, 1.54) is 0 Å². The molecule has 0 rings (SSSR count). The molecule has 0 saturated carbocycles. The van der Waals surface area contributed by atoms with Crippen LogP contribution in [0.4, 0.5) is 0 Å². The van der Waals surface area contributed by atoms with Crippen molar-refractivity contribution in [3.8, 4) is 0 Å². The van der Waals surface area contributed by atoms with Gasteiger partial charge in [-0.2, -0.15) is 0 Å². The predicted molar refractivity (Wildman–Crippen MR) is 34.0 cm³/mol. The molecule has 0 aliphatic carbocycles. The van der Waals surface area contributed by atoms with Crippen molar-refractivity contribution < 1.29 is 40.2 Å². The van der Waals surface area contributed by atoms with E-state index in [9.17, 15) is 19.8 Å². The highest BCUT2D eigenvalue weighted by molar-refractivity contribution is 5.72. The van der Waals surface area contributed by atoms with Gasteiger partial charge in [0.2, 0.25) is 0 Å². The van der Waals surface area contributed by atoms with Gasteiger partial charge >= 0.3 is 0 Å². The first-order valence-corrected chi connectivity index (χ1v) is 3.43. The second-order valence-electron chi connectivity index (χ2n) is 2.51. The quantitative estimate of drug-likeness (QED) is 0.347. The first kappa shape index (κ1) is 12.8. The number of aliphatic carboxylic acids is 2. The zero-order valence-corrected chi connectivity index (χ0v) is 6.73. The van der Waals surface area contributed by atoms with Crippen LogP contribution in [0.25, 0.3) is 0 Å². The third-order valence-electron chi connectivity index (χ3n) is 1.48. The minimum Gasteiger partial charge on any atom is -0.547 e. The monoisotopic (exact) mass is 208 g/mol. The van der Waals surface area contributed by atoms with E-state index in [1.54, 1.807) is 0 Å². The van der Waals surface area contributed by atoms with Gasteiger partial charge in [-0.25, -0.2) is 0 Å². The van der Waals surface area contributed by atoms with E-state index in [2.05, 4.69) is 0 Å². The zero-order chi connectivity index (χ0) is 11.5. The Hall–Kier alpha value is -1.22. The Morgan fingerprint density at radius 2 is 1.00 bits per heavy atom. The molecule has 0 heterocycles. The normalized spacial score (nSPS) is 19.4. The second-order valence-corrected chi connectivity index (χ2v) is 2.51. The number of aliphatic hydroxyl groups excluding tert-OH is 4. The number of aliphatic hydroxyl groups is 4. The summed E-state index contributed by atoms with van der Waals surface area (Å²) in [4.78, 5) is 19.9. The summed E-state index contributed by atoms with van der Waals surface area (Å²) in [5.74, 6) is -4.22. The molecule has 0 aliphatic heterocycles. The summed E-state index contributed by atoms with van der Waals surface area (Å²) in [7, 11) is 0. The molecular weight excluding hydrogens is 200 g/mol. The molecule has 0 aromatic carbocycles. The number of carbonyl (C=O) groups excluding carboxylic acids is 2. The summed E-state index contributed by atoms with van der Waals surface area (Å²) >= 11 is 0. The van der Waals surface area contributed by atoms with Crippen LogP contribution < -0.4 is 10.2 Å². The van der Waals surface area contributed by atoms with E-state index < -0.39 is 36.4 Å². The van der Waals surface area contributed by atoms with Gasteiger partial charge in [0.25, 0.3) is 0 Å². The first-order chi connectivity index (χ1) is 6.29. The third kappa shape index (κ3) is 2.92. The summed E-state index contributed by atoms with van der Waals surface area (Å²) in [5.41, 5.74) is 0. The van der Waals surface area contributed by atoms with E-state index in [1.807, 2.05) is 0 Å². The van der Waals surface area contributed by atoms with Crippen LogP contribution in [0.5, 0.6) is 0 Å².